The first-order valence-electron chi connectivity index (χ1n) is 4.97. The average Bonchev–Trinajstić information content (AvgIpc) is 2.63. The standard InChI is InChI=1S/C12H13NO2/c1-3-14-12-9(2)11(15-13-12)10-7-5-4-6-8-10/h4-8H,3H2,1-2H3. The summed E-state index contributed by atoms with van der Waals surface area (Å²) in [5.74, 6) is 1.36. The summed E-state index contributed by atoms with van der Waals surface area (Å²) in [7, 11) is 0. The highest BCUT2D eigenvalue weighted by Crippen LogP contribution is 2.29. The van der Waals surface area contributed by atoms with Crippen molar-refractivity contribution in [1.29, 1.82) is 0 Å². The number of benzene rings is 1. The van der Waals surface area contributed by atoms with Crippen molar-refractivity contribution in [3.63, 3.8) is 0 Å². The van der Waals surface area contributed by atoms with Gasteiger partial charge in [0.2, 0.25) is 0 Å². The van der Waals surface area contributed by atoms with E-state index in [2.05, 4.69) is 5.16 Å². The van der Waals surface area contributed by atoms with Crippen LogP contribution in [0, 0.1) is 6.92 Å². The van der Waals surface area contributed by atoms with Crippen LogP contribution in [-0.2, 0) is 0 Å². The minimum atomic E-state index is 0.580. The van der Waals surface area contributed by atoms with E-state index in [4.69, 9.17) is 9.26 Å². The van der Waals surface area contributed by atoms with Crippen molar-refractivity contribution in [2.24, 2.45) is 0 Å². The van der Waals surface area contributed by atoms with Gasteiger partial charge in [-0.1, -0.05) is 30.3 Å². The van der Waals surface area contributed by atoms with Crippen molar-refractivity contribution >= 4 is 0 Å². The summed E-state index contributed by atoms with van der Waals surface area (Å²) in [5, 5.41) is 3.88. The van der Waals surface area contributed by atoms with Gasteiger partial charge in [-0.15, -0.1) is 0 Å². The summed E-state index contributed by atoms with van der Waals surface area (Å²) in [6, 6.07) is 9.89. The van der Waals surface area contributed by atoms with Gasteiger partial charge in [0.15, 0.2) is 5.76 Å². The van der Waals surface area contributed by atoms with E-state index in [1.54, 1.807) is 0 Å². The molecule has 0 spiro atoms. The van der Waals surface area contributed by atoms with Gasteiger partial charge in [-0.3, -0.25) is 0 Å². The van der Waals surface area contributed by atoms with E-state index in [1.807, 2.05) is 44.2 Å². The van der Waals surface area contributed by atoms with Gasteiger partial charge >= 0.3 is 0 Å². The lowest BCUT2D eigenvalue weighted by atomic mass is 10.1. The fourth-order valence-corrected chi connectivity index (χ4v) is 1.45. The second-order valence-electron chi connectivity index (χ2n) is 3.24. The molecule has 1 aromatic carbocycles. The normalized spacial score (nSPS) is 10.3. The van der Waals surface area contributed by atoms with Crippen molar-refractivity contribution in [2.45, 2.75) is 13.8 Å². The first-order chi connectivity index (χ1) is 7.33. The number of ether oxygens (including phenoxy) is 1. The van der Waals surface area contributed by atoms with Crippen LogP contribution in [0.3, 0.4) is 0 Å². The Balaban J connectivity index is 2.38. The lowest BCUT2D eigenvalue weighted by Gasteiger charge is -1.98. The van der Waals surface area contributed by atoms with Gasteiger partial charge in [-0.2, -0.15) is 0 Å². The number of hydrogen-bond donors (Lipinski definition) is 0. The van der Waals surface area contributed by atoms with Gasteiger partial charge in [0.05, 0.1) is 12.2 Å². The van der Waals surface area contributed by atoms with E-state index < -0.39 is 0 Å². The van der Waals surface area contributed by atoms with E-state index in [1.165, 1.54) is 0 Å². The maximum absolute atomic E-state index is 5.33. The Morgan fingerprint density at radius 2 is 2.00 bits per heavy atom. The zero-order valence-corrected chi connectivity index (χ0v) is 8.86. The zero-order valence-electron chi connectivity index (χ0n) is 8.86. The van der Waals surface area contributed by atoms with E-state index >= 15 is 0 Å². The maximum atomic E-state index is 5.33. The van der Waals surface area contributed by atoms with Crippen LogP contribution >= 0.6 is 0 Å². The summed E-state index contributed by atoms with van der Waals surface area (Å²) in [4.78, 5) is 0. The van der Waals surface area contributed by atoms with E-state index in [0.717, 1.165) is 16.9 Å². The largest absolute Gasteiger partial charge is 0.476 e. The third-order valence-electron chi connectivity index (χ3n) is 2.20. The predicted molar refractivity (Wildman–Crippen MR) is 57.8 cm³/mol. The van der Waals surface area contributed by atoms with Crippen LogP contribution < -0.4 is 4.74 Å². The van der Waals surface area contributed by atoms with Gasteiger partial charge < -0.3 is 9.26 Å². The quantitative estimate of drug-likeness (QED) is 0.769. The summed E-state index contributed by atoms with van der Waals surface area (Å²) < 4.78 is 10.6. The third kappa shape index (κ3) is 1.86. The molecule has 3 nitrogen and oxygen atoms in total. The molecule has 15 heavy (non-hydrogen) atoms. The third-order valence-corrected chi connectivity index (χ3v) is 2.20. The molecule has 0 unspecified atom stereocenters. The fourth-order valence-electron chi connectivity index (χ4n) is 1.45. The van der Waals surface area contributed by atoms with Gasteiger partial charge in [0, 0.05) is 5.56 Å². The minimum Gasteiger partial charge on any atom is -0.476 e. The molecule has 2 aromatic rings. The van der Waals surface area contributed by atoms with E-state index in [0.29, 0.717) is 12.5 Å². The van der Waals surface area contributed by atoms with Gasteiger partial charge in [-0.05, 0) is 19.0 Å². The minimum absolute atomic E-state index is 0.580. The lowest BCUT2D eigenvalue weighted by molar-refractivity contribution is 0.295. The first-order valence-corrected chi connectivity index (χ1v) is 4.97. The van der Waals surface area contributed by atoms with Gasteiger partial charge in [-0.25, -0.2) is 0 Å². The van der Waals surface area contributed by atoms with Crippen LogP contribution in [0.15, 0.2) is 34.9 Å². The van der Waals surface area contributed by atoms with Crippen LogP contribution in [0.4, 0.5) is 0 Å². The molecule has 0 amide bonds. The second kappa shape index (κ2) is 4.17. The molecule has 1 heterocycles. The molecule has 0 saturated heterocycles. The summed E-state index contributed by atoms with van der Waals surface area (Å²) in [6.07, 6.45) is 0. The van der Waals surface area contributed by atoms with Crippen molar-refractivity contribution in [2.75, 3.05) is 6.61 Å². The van der Waals surface area contributed by atoms with Crippen molar-refractivity contribution < 1.29 is 9.26 Å². The summed E-state index contributed by atoms with van der Waals surface area (Å²) >= 11 is 0. The number of hydrogen-bond acceptors (Lipinski definition) is 3. The molecular weight excluding hydrogens is 190 g/mol. The number of nitrogens with zero attached hydrogens (tertiary/aromatic N) is 1. The topological polar surface area (TPSA) is 35.3 Å². The Bertz CT molecular complexity index is 434. The molecule has 0 fully saturated rings. The Hall–Kier alpha value is -1.77. The monoisotopic (exact) mass is 203 g/mol. The molecule has 2 rings (SSSR count). The maximum Gasteiger partial charge on any atom is 0.257 e. The highest BCUT2D eigenvalue weighted by atomic mass is 16.5. The van der Waals surface area contributed by atoms with E-state index in [9.17, 15) is 0 Å². The zero-order chi connectivity index (χ0) is 10.7. The molecule has 1 aromatic heterocycles. The highest BCUT2D eigenvalue weighted by Gasteiger charge is 2.13. The Morgan fingerprint density at radius 3 is 2.67 bits per heavy atom. The molecule has 0 aliphatic carbocycles. The predicted octanol–water partition coefficient (Wildman–Crippen LogP) is 3.05. The molecule has 0 aliphatic rings. The summed E-state index contributed by atoms with van der Waals surface area (Å²) in [6.45, 7) is 4.47. The second-order valence-corrected chi connectivity index (χ2v) is 3.24. The van der Waals surface area contributed by atoms with Crippen molar-refractivity contribution in [3.8, 4) is 17.2 Å². The smallest absolute Gasteiger partial charge is 0.257 e. The first kappa shape index (κ1) is 9.77. The molecule has 0 N–H and O–H groups in total. The Labute approximate surface area is 88.7 Å². The molecule has 0 aliphatic heterocycles. The Morgan fingerprint density at radius 1 is 1.27 bits per heavy atom. The highest BCUT2D eigenvalue weighted by molar-refractivity contribution is 5.62. The van der Waals surface area contributed by atoms with Crippen molar-refractivity contribution in [1.82, 2.24) is 5.16 Å². The van der Waals surface area contributed by atoms with Crippen LogP contribution in [0.2, 0.25) is 0 Å². The van der Waals surface area contributed by atoms with Crippen LogP contribution in [0.25, 0.3) is 11.3 Å². The lowest BCUT2D eigenvalue weighted by Crippen LogP contribution is -1.92. The molecule has 0 radical (unpaired) electrons. The van der Waals surface area contributed by atoms with Crippen molar-refractivity contribution in [3.05, 3.63) is 35.9 Å². The van der Waals surface area contributed by atoms with Crippen LogP contribution in [0.1, 0.15) is 12.5 Å². The fraction of sp³-hybridized carbons (Fsp3) is 0.250. The molecule has 0 atom stereocenters. The average molecular weight is 203 g/mol. The molecule has 0 bridgehead atoms. The number of rotatable bonds is 3. The number of aromatic nitrogens is 1. The van der Waals surface area contributed by atoms with Crippen LogP contribution in [-0.4, -0.2) is 11.8 Å². The molecular formula is C12H13NO2. The van der Waals surface area contributed by atoms with Gasteiger partial charge in [0.1, 0.15) is 0 Å². The van der Waals surface area contributed by atoms with E-state index in [-0.39, 0.29) is 0 Å². The molecule has 78 valence electrons. The summed E-state index contributed by atoms with van der Waals surface area (Å²) in [5.41, 5.74) is 1.97. The van der Waals surface area contributed by atoms with Crippen LogP contribution in [0.5, 0.6) is 5.88 Å². The molecule has 3 heteroatoms. The van der Waals surface area contributed by atoms with Gasteiger partial charge in [0.25, 0.3) is 5.88 Å². The Kier molecular flexibility index (Phi) is 2.72. The SMILES string of the molecule is CCOc1noc(-c2ccccc2)c1C. The molecule has 0 saturated carbocycles.